The molecule has 0 unspecified atom stereocenters. The number of aromatic nitrogens is 1. The predicted octanol–water partition coefficient (Wildman–Crippen LogP) is 5.31. The highest BCUT2D eigenvalue weighted by Gasteiger charge is 2.22. The predicted molar refractivity (Wildman–Crippen MR) is 144 cm³/mol. The van der Waals surface area contributed by atoms with Crippen molar-refractivity contribution >= 4 is 56.8 Å². The van der Waals surface area contributed by atoms with Crippen LogP contribution >= 0.6 is 35.5 Å². The summed E-state index contributed by atoms with van der Waals surface area (Å²) in [6, 6.07) is 14.2. The summed E-state index contributed by atoms with van der Waals surface area (Å²) in [5.41, 5.74) is 2.17. The van der Waals surface area contributed by atoms with Gasteiger partial charge >= 0.3 is 0 Å². The summed E-state index contributed by atoms with van der Waals surface area (Å²) in [6.07, 6.45) is 2.06. The first kappa shape index (κ1) is 26.8. The number of anilines is 1. The number of nitrogens with zero attached hydrogens (tertiary/aromatic N) is 3. The van der Waals surface area contributed by atoms with Gasteiger partial charge in [-0.1, -0.05) is 37.3 Å². The van der Waals surface area contributed by atoms with Gasteiger partial charge in [0.2, 0.25) is 0 Å². The van der Waals surface area contributed by atoms with Gasteiger partial charge < -0.3 is 9.47 Å². The Balaban J connectivity index is 0.00000324. The van der Waals surface area contributed by atoms with Gasteiger partial charge in [0.15, 0.2) is 11.7 Å². The summed E-state index contributed by atoms with van der Waals surface area (Å²) in [5, 5.41) is 0.722. The van der Waals surface area contributed by atoms with Crippen LogP contribution in [-0.2, 0) is 9.53 Å². The van der Waals surface area contributed by atoms with Crippen LogP contribution in [0.25, 0.3) is 10.2 Å². The van der Waals surface area contributed by atoms with E-state index in [4.69, 9.17) is 14.5 Å². The van der Waals surface area contributed by atoms with Gasteiger partial charge in [0.1, 0.15) is 5.75 Å². The molecule has 1 aliphatic rings. The van der Waals surface area contributed by atoms with E-state index in [0.717, 1.165) is 48.2 Å². The largest absolute Gasteiger partial charge is 0.484 e. The third-order valence-electron chi connectivity index (χ3n) is 5.77. The van der Waals surface area contributed by atoms with Gasteiger partial charge in [-0.3, -0.25) is 14.6 Å². The lowest BCUT2D eigenvalue weighted by Gasteiger charge is -2.29. The number of thiazole rings is 1. The van der Waals surface area contributed by atoms with Gasteiger partial charge in [-0.05, 0) is 48.1 Å². The molecule has 1 fully saturated rings. The van der Waals surface area contributed by atoms with Gasteiger partial charge in [0.25, 0.3) is 5.91 Å². The number of amides is 1. The number of carbonyl (C=O) groups excluding carboxylic acids is 1. The Morgan fingerprint density at radius 3 is 2.62 bits per heavy atom. The minimum Gasteiger partial charge on any atom is -0.484 e. The van der Waals surface area contributed by atoms with Gasteiger partial charge in [-0.15, -0.1) is 24.2 Å². The van der Waals surface area contributed by atoms with E-state index < -0.39 is 0 Å². The summed E-state index contributed by atoms with van der Waals surface area (Å²) in [6.45, 7) is 8.90. The van der Waals surface area contributed by atoms with Crippen LogP contribution < -0.4 is 9.64 Å². The van der Waals surface area contributed by atoms with E-state index in [-0.39, 0.29) is 24.9 Å². The van der Waals surface area contributed by atoms with Crippen molar-refractivity contribution in [1.82, 2.24) is 9.88 Å². The average Bonchev–Trinajstić information content (AvgIpc) is 3.26. The highest BCUT2D eigenvalue weighted by Crippen LogP contribution is 2.32. The summed E-state index contributed by atoms with van der Waals surface area (Å²) < 4.78 is 12.4. The smallest absolute Gasteiger partial charge is 0.266 e. The first-order valence-corrected chi connectivity index (χ1v) is 13.4. The van der Waals surface area contributed by atoms with Crippen LogP contribution in [0, 0.1) is 0 Å². The molecule has 184 valence electrons. The number of thioether (sulfide) groups is 1. The zero-order valence-electron chi connectivity index (χ0n) is 19.9. The Morgan fingerprint density at radius 1 is 1.21 bits per heavy atom. The fourth-order valence-corrected chi connectivity index (χ4v) is 5.26. The van der Waals surface area contributed by atoms with Crippen molar-refractivity contribution in [2.24, 2.45) is 0 Å². The highest BCUT2D eigenvalue weighted by atomic mass is 35.5. The maximum absolute atomic E-state index is 13.3. The summed E-state index contributed by atoms with van der Waals surface area (Å²) >= 11 is 3.26. The number of morpholine rings is 1. The number of carbonyl (C=O) groups is 1. The minimum atomic E-state index is -0.0830. The SMILES string of the molecule is CSc1ccc2nc(N(CCN3CCOCC3)C(=O)COc3ccc(C(C)C)cc3)sc2c1.Cl. The third kappa shape index (κ3) is 6.86. The molecule has 2 heterocycles. The maximum atomic E-state index is 13.3. The topological polar surface area (TPSA) is 54.9 Å². The molecule has 0 spiro atoms. The molecule has 9 heteroatoms. The standard InChI is InChI=1S/C25H31N3O3S2.ClH/c1-18(2)19-4-6-20(7-5-19)31-17-24(29)28(11-10-27-12-14-30-15-13-27)25-26-22-9-8-21(32-3)16-23(22)33-25;/h4-9,16,18H,10-15,17H2,1-3H3;1H. The lowest BCUT2D eigenvalue weighted by molar-refractivity contribution is -0.120. The van der Waals surface area contributed by atoms with E-state index >= 15 is 0 Å². The number of hydrogen-bond acceptors (Lipinski definition) is 7. The minimum absolute atomic E-state index is 0. The van der Waals surface area contributed by atoms with E-state index in [9.17, 15) is 4.79 Å². The van der Waals surface area contributed by atoms with Crippen molar-refractivity contribution in [3.8, 4) is 5.75 Å². The van der Waals surface area contributed by atoms with Crippen LogP contribution in [-0.4, -0.2) is 68.0 Å². The lowest BCUT2D eigenvalue weighted by Crippen LogP contribution is -2.44. The van der Waals surface area contributed by atoms with E-state index in [2.05, 4.69) is 49.3 Å². The second-order valence-electron chi connectivity index (χ2n) is 8.34. The molecule has 3 aromatic rings. The van der Waals surface area contributed by atoms with E-state index in [1.54, 1.807) is 28.0 Å². The monoisotopic (exact) mass is 521 g/mol. The van der Waals surface area contributed by atoms with Crippen LogP contribution in [0.4, 0.5) is 5.13 Å². The van der Waals surface area contributed by atoms with E-state index in [1.165, 1.54) is 10.5 Å². The van der Waals surface area contributed by atoms with Gasteiger partial charge in [0, 0.05) is 31.1 Å². The maximum Gasteiger partial charge on any atom is 0.266 e. The van der Waals surface area contributed by atoms with Crippen LogP contribution in [0.2, 0.25) is 0 Å². The molecular weight excluding hydrogens is 490 g/mol. The molecule has 34 heavy (non-hydrogen) atoms. The first-order valence-electron chi connectivity index (χ1n) is 11.3. The zero-order valence-corrected chi connectivity index (χ0v) is 22.3. The Bertz CT molecular complexity index is 1070. The Labute approximate surface area is 216 Å². The molecule has 2 aromatic carbocycles. The number of hydrogen-bond donors (Lipinski definition) is 0. The van der Waals surface area contributed by atoms with E-state index in [1.807, 2.05) is 18.2 Å². The number of fused-ring (bicyclic) bond motifs is 1. The summed E-state index contributed by atoms with van der Waals surface area (Å²) in [7, 11) is 0. The molecule has 0 aliphatic carbocycles. The average molecular weight is 522 g/mol. The Hall–Kier alpha value is -1.84. The van der Waals surface area contributed by atoms with Crippen LogP contribution in [0.1, 0.15) is 25.3 Å². The van der Waals surface area contributed by atoms with Crippen molar-refractivity contribution in [3.63, 3.8) is 0 Å². The number of benzene rings is 2. The normalized spacial score (nSPS) is 14.2. The number of halogens is 1. The fourth-order valence-electron chi connectivity index (χ4n) is 3.70. The first-order chi connectivity index (χ1) is 16.0. The summed E-state index contributed by atoms with van der Waals surface area (Å²) in [5.74, 6) is 1.08. The molecule has 0 radical (unpaired) electrons. The third-order valence-corrected chi connectivity index (χ3v) is 7.54. The molecule has 1 aliphatic heterocycles. The Kier molecular flexibility index (Phi) is 10.0. The molecule has 0 atom stereocenters. The molecule has 1 aromatic heterocycles. The van der Waals surface area contributed by atoms with Gasteiger partial charge in [0.05, 0.1) is 23.4 Å². The molecule has 4 rings (SSSR count). The molecule has 1 amide bonds. The molecule has 0 bridgehead atoms. The van der Waals surface area contributed by atoms with Gasteiger partial charge in [-0.25, -0.2) is 4.98 Å². The van der Waals surface area contributed by atoms with Gasteiger partial charge in [-0.2, -0.15) is 0 Å². The van der Waals surface area contributed by atoms with Crippen LogP contribution in [0.3, 0.4) is 0 Å². The van der Waals surface area contributed by atoms with Crippen LogP contribution in [0.15, 0.2) is 47.4 Å². The van der Waals surface area contributed by atoms with E-state index in [0.29, 0.717) is 18.2 Å². The zero-order chi connectivity index (χ0) is 23.2. The Morgan fingerprint density at radius 2 is 1.94 bits per heavy atom. The summed E-state index contributed by atoms with van der Waals surface area (Å²) in [4.78, 5) is 23.4. The van der Waals surface area contributed by atoms with Crippen LogP contribution in [0.5, 0.6) is 5.75 Å². The molecule has 0 N–H and O–H groups in total. The quantitative estimate of drug-likeness (QED) is 0.356. The molecule has 1 saturated heterocycles. The van der Waals surface area contributed by atoms with Crippen molar-refractivity contribution in [1.29, 1.82) is 0 Å². The second kappa shape index (κ2) is 12.7. The fraction of sp³-hybridized carbons (Fsp3) is 0.440. The number of ether oxygens (including phenoxy) is 2. The van der Waals surface area contributed by atoms with Crippen molar-refractivity contribution in [3.05, 3.63) is 48.0 Å². The number of rotatable bonds is 9. The van der Waals surface area contributed by atoms with Crippen molar-refractivity contribution < 1.29 is 14.3 Å². The van der Waals surface area contributed by atoms with Crippen molar-refractivity contribution in [2.45, 2.75) is 24.7 Å². The molecular formula is C25H32ClN3O3S2. The lowest BCUT2D eigenvalue weighted by atomic mass is 10.0. The highest BCUT2D eigenvalue weighted by molar-refractivity contribution is 7.98. The van der Waals surface area contributed by atoms with Crippen molar-refractivity contribution in [2.75, 3.05) is 57.2 Å². The molecule has 6 nitrogen and oxygen atoms in total. The second-order valence-corrected chi connectivity index (χ2v) is 10.2. The molecule has 0 saturated carbocycles.